The van der Waals surface area contributed by atoms with Gasteiger partial charge < -0.3 is 14.6 Å². The molecule has 0 atom stereocenters. The third-order valence-corrected chi connectivity index (χ3v) is 6.35. The zero-order valence-electron chi connectivity index (χ0n) is 16.4. The topological polar surface area (TPSA) is 102 Å². The van der Waals surface area contributed by atoms with E-state index in [1.165, 1.54) is 10.6 Å². The molecule has 1 fully saturated rings. The number of rotatable bonds is 7. The molecule has 2 aromatic rings. The fourth-order valence-corrected chi connectivity index (χ4v) is 4.17. The lowest BCUT2D eigenvalue weighted by Gasteiger charge is -2.30. The van der Waals surface area contributed by atoms with Crippen molar-refractivity contribution in [2.75, 3.05) is 19.3 Å². The van der Waals surface area contributed by atoms with Crippen molar-refractivity contribution >= 4 is 27.5 Å². The van der Waals surface area contributed by atoms with E-state index in [1.807, 2.05) is 6.92 Å². The standard InChI is InChI=1S/C19H24ClN3O5S/c1-3-14-11-16(28-22-14)12-21-19(24)13-4-5-18(17(20)10-13)27-15-6-8-23(9-7-15)29(2,25)26/h4-5,10-11,15H,3,6-9,12H2,1-2H3,(H,21,24). The number of nitrogens with zero attached hydrogens (tertiary/aromatic N) is 2. The summed E-state index contributed by atoms with van der Waals surface area (Å²) >= 11 is 6.29. The molecule has 1 aromatic carbocycles. The molecule has 2 heterocycles. The van der Waals surface area contributed by atoms with Gasteiger partial charge in [-0.15, -0.1) is 0 Å². The summed E-state index contributed by atoms with van der Waals surface area (Å²) in [5.74, 6) is 0.778. The second-order valence-electron chi connectivity index (χ2n) is 6.95. The van der Waals surface area contributed by atoms with E-state index in [1.54, 1.807) is 24.3 Å². The van der Waals surface area contributed by atoms with Gasteiger partial charge in [0.15, 0.2) is 5.76 Å². The van der Waals surface area contributed by atoms with Gasteiger partial charge in [-0.3, -0.25) is 4.79 Å². The first kappa shape index (κ1) is 21.6. The molecule has 29 heavy (non-hydrogen) atoms. The van der Waals surface area contributed by atoms with Crippen LogP contribution in [0.15, 0.2) is 28.8 Å². The van der Waals surface area contributed by atoms with Gasteiger partial charge in [-0.25, -0.2) is 12.7 Å². The number of ether oxygens (including phenoxy) is 1. The van der Waals surface area contributed by atoms with E-state index in [2.05, 4.69) is 10.5 Å². The minimum Gasteiger partial charge on any atom is -0.489 e. The zero-order chi connectivity index (χ0) is 21.0. The van der Waals surface area contributed by atoms with Gasteiger partial charge in [0.25, 0.3) is 5.91 Å². The summed E-state index contributed by atoms with van der Waals surface area (Å²) in [4.78, 5) is 12.3. The SMILES string of the molecule is CCc1cc(CNC(=O)c2ccc(OC3CCN(S(C)(=O)=O)CC3)c(Cl)c2)on1. The first-order chi connectivity index (χ1) is 13.8. The predicted molar refractivity (Wildman–Crippen MR) is 109 cm³/mol. The van der Waals surface area contributed by atoms with E-state index in [-0.39, 0.29) is 18.6 Å². The first-order valence-corrected chi connectivity index (χ1v) is 11.6. The minimum atomic E-state index is -3.17. The molecular weight excluding hydrogens is 418 g/mol. The number of halogens is 1. The number of carbonyl (C=O) groups excluding carboxylic acids is 1. The lowest BCUT2D eigenvalue weighted by atomic mass is 10.1. The van der Waals surface area contributed by atoms with Crippen molar-refractivity contribution in [2.24, 2.45) is 0 Å². The van der Waals surface area contributed by atoms with Crippen LogP contribution in [-0.2, 0) is 23.0 Å². The molecule has 0 saturated carbocycles. The summed E-state index contributed by atoms with van der Waals surface area (Å²) < 4.78 is 35.7. The van der Waals surface area contributed by atoms with Crippen LogP contribution in [0.3, 0.4) is 0 Å². The predicted octanol–water partition coefficient (Wildman–Crippen LogP) is 2.62. The van der Waals surface area contributed by atoms with Crippen LogP contribution in [0.4, 0.5) is 0 Å². The Morgan fingerprint density at radius 2 is 2.07 bits per heavy atom. The number of amides is 1. The van der Waals surface area contributed by atoms with Gasteiger partial charge in [0, 0.05) is 24.7 Å². The summed E-state index contributed by atoms with van der Waals surface area (Å²) in [6.45, 7) is 3.05. The number of aromatic nitrogens is 1. The number of piperidine rings is 1. The molecule has 0 bridgehead atoms. The van der Waals surface area contributed by atoms with Gasteiger partial charge in [-0.1, -0.05) is 23.7 Å². The van der Waals surface area contributed by atoms with Crippen molar-refractivity contribution in [1.82, 2.24) is 14.8 Å². The van der Waals surface area contributed by atoms with Gasteiger partial charge in [0.05, 0.1) is 23.5 Å². The lowest BCUT2D eigenvalue weighted by Crippen LogP contribution is -2.41. The fraction of sp³-hybridized carbons (Fsp3) is 0.474. The van der Waals surface area contributed by atoms with Crippen LogP contribution in [0.1, 0.15) is 41.6 Å². The Labute approximate surface area is 175 Å². The Morgan fingerprint density at radius 3 is 2.66 bits per heavy atom. The number of hydrogen-bond donors (Lipinski definition) is 1. The largest absolute Gasteiger partial charge is 0.489 e. The summed E-state index contributed by atoms with van der Waals surface area (Å²) in [5, 5.41) is 6.98. The normalized spacial score (nSPS) is 16.0. The Balaban J connectivity index is 1.55. The summed E-state index contributed by atoms with van der Waals surface area (Å²) in [7, 11) is -3.17. The first-order valence-electron chi connectivity index (χ1n) is 9.40. The molecule has 0 spiro atoms. The van der Waals surface area contributed by atoms with E-state index >= 15 is 0 Å². The van der Waals surface area contributed by atoms with Gasteiger partial charge >= 0.3 is 0 Å². The summed E-state index contributed by atoms with van der Waals surface area (Å²) in [6, 6.07) is 6.65. The van der Waals surface area contributed by atoms with E-state index in [4.69, 9.17) is 20.9 Å². The van der Waals surface area contributed by atoms with Crippen molar-refractivity contribution < 1.29 is 22.5 Å². The van der Waals surface area contributed by atoms with Crippen LogP contribution in [0.5, 0.6) is 5.75 Å². The van der Waals surface area contributed by atoms with Crippen LogP contribution < -0.4 is 10.1 Å². The maximum atomic E-state index is 12.3. The number of aryl methyl sites for hydroxylation is 1. The van der Waals surface area contributed by atoms with Crippen LogP contribution in [0.25, 0.3) is 0 Å². The molecule has 1 N–H and O–H groups in total. The molecule has 1 aliphatic rings. The van der Waals surface area contributed by atoms with E-state index in [0.29, 0.717) is 48.0 Å². The Kier molecular flexibility index (Phi) is 6.81. The monoisotopic (exact) mass is 441 g/mol. The molecule has 3 rings (SSSR count). The van der Waals surface area contributed by atoms with Crippen LogP contribution in [-0.4, -0.2) is 49.2 Å². The van der Waals surface area contributed by atoms with Gasteiger partial charge in [-0.05, 0) is 37.5 Å². The van der Waals surface area contributed by atoms with E-state index < -0.39 is 10.0 Å². The van der Waals surface area contributed by atoms with Gasteiger partial charge in [0.1, 0.15) is 11.9 Å². The minimum absolute atomic E-state index is 0.121. The number of sulfonamides is 1. The molecular formula is C19H24ClN3O5S. The number of nitrogens with one attached hydrogen (secondary N) is 1. The molecule has 8 nitrogen and oxygen atoms in total. The van der Waals surface area contributed by atoms with E-state index in [9.17, 15) is 13.2 Å². The van der Waals surface area contributed by atoms with Crippen molar-refractivity contribution in [3.8, 4) is 5.75 Å². The van der Waals surface area contributed by atoms with Crippen molar-refractivity contribution in [2.45, 2.75) is 38.8 Å². The average Bonchev–Trinajstić information content (AvgIpc) is 3.15. The summed E-state index contributed by atoms with van der Waals surface area (Å²) in [6.07, 6.45) is 3.02. The Bertz CT molecular complexity index is 968. The molecule has 1 aliphatic heterocycles. The molecule has 0 unspecified atom stereocenters. The number of carbonyl (C=O) groups is 1. The highest BCUT2D eigenvalue weighted by atomic mass is 35.5. The summed E-state index contributed by atoms with van der Waals surface area (Å²) in [5.41, 5.74) is 1.24. The second-order valence-corrected chi connectivity index (χ2v) is 9.33. The maximum Gasteiger partial charge on any atom is 0.251 e. The highest BCUT2D eigenvalue weighted by Crippen LogP contribution is 2.28. The maximum absolute atomic E-state index is 12.3. The molecule has 10 heteroatoms. The quantitative estimate of drug-likeness (QED) is 0.708. The van der Waals surface area contributed by atoms with Crippen LogP contribution in [0, 0.1) is 0 Å². The zero-order valence-corrected chi connectivity index (χ0v) is 17.9. The van der Waals surface area contributed by atoms with Crippen molar-refractivity contribution in [3.05, 3.63) is 46.3 Å². The highest BCUT2D eigenvalue weighted by Gasteiger charge is 2.26. The molecule has 1 saturated heterocycles. The smallest absolute Gasteiger partial charge is 0.251 e. The van der Waals surface area contributed by atoms with Crippen LogP contribution in [0.2, 0.25) is 5.02 Å². The molecule has 0 aliphatic carbocycles. The second kappa shape index (κ2) is 9.15. The van der Waals surface area contributed by atoms with Crippen LogP contribution >= 0.6 is 11.6 Å². The van der Waals surface area contributed by atoms with Gasteiger partial charge in [0.2, 0.25) is 10.0 Å². The third-order valence-electron chi connectivity index (χ3n) is 4.75. The van der Waals surface area contributed by atoms with E-state index in [0.717, 1.165) is 12.1 Å². The van der Waals surface area contributed by atoms with Gasteiger partial charge in [-0.2, -0.15) is 0 Å². The Hall–Kier alpha value is -2.10. The highest BCUT2D eigenvalue weighted by molar-refractivity contribution is 7.88. The Morgan fingerprint density at radius 1 is 1.34 bits per heavy atom. The third kappa shape index (κ3) is 5.71. The number of hydrogen-bond acceptors (Lipinski definition) is 6. The molecule has 158 valence electrons. The molecule has 1 aromatic heterocycles. The molecule has 0 radical (unpaired) electrons. The molecule has 1 amide bonds. The van der Waals surface area contributed by atoms with Crippen molar-refractivity contribution in [1.29, 1.82) is 0 Å². The lowest BCUT2D eigenvalue weighted by molar-refractivity contribution is 0.0947. The fourth-order valence-electron chi connectivity index (χ4n) is 3.07. The average molecular weight is 442 g/mol. The van der Waals surface area contributed by atoms with Crippen molar-refractivity contribution in [3.63, 3.8) is 0 Å². The number of benzene rings is 1.